The lowest BCUT2D eigenvalue weighted by molar-refractivity contribution is 0.0521. The van der Waals surface area contributed by atoms with Gasteiger partial charge in [0.05, 0.1) is 64.6 Å². The van der Waals surface area contributed by atoms with Crippen LogP contribution in [0.1, 0.15) is 87.3 Å². The molecule has 310 valence electrons. The number of aryl methyl sites for hydroxylation is 2. The number of carbonyl (C=O) groups excluding carboxylic acids is 4. The number of ether oxygens (including phenoxy) is 2. The molecule has 0 spiro atoms. The molecular weight excluding hydrogens is 853 g/mol. The van der Waals surface area contributed by atoms with Crippen molar-refractivity contribution in [3.05, 3.63) is 176 Å². The summed E-state index contributed by atoms with van der Waals surface area (Å²) < 4.78 is 17.1. The van der Waals surface area contributed by atoms with Gasteiger partial charge >= 0.3 is 11.9 Å². The molecule has 6 aromatic heterocycles. The average molecular weight is 893 g/mol. The number of hydrogen-bond donors (Lipinski definition) is 0. The second-order valence-corrected chi connectivity index (χ2v) is 19.3. The van der Waals surface area contributed by atoms with Crippen LogP contribution in [0.25, 0.3) is 32.8 Å². The molecule has 9 aromatic rings. The lowest BCUT2D eigenvalue weighted by Crippen LogP contribution is -2.06. The minimum atomic E-state index is -0.447. The monoisotopic (exact) mass is 892 g/mol. The van der Waals surface area contributed by atoms with Crippen molar-refractivity contribution < 1.29 is 28.7 Å². The van der Waals surface area contributed by atoms with Crippen molar-refractivity contribution in [2.24, 2.45) is 0 Å². The summed E-state index contributed by atoms with van der Waals surface area (Å²) in [5.74, 6) is 0.117. The zero-order chi connectivity index (χ0) is 43.1. The fourth-order valence-electron chi connectivity index (χ4n) is 7.75. The van der Waals surface area contributed by atoms with Crippen LogP contribution in [0.4, 0.5) is 0 Å². The van der Waals surface area contributed by atoms with Gasteiger partial charge in [0.1, 0.15) is 0 Å². The van der Waals surface area contributed by atoms with Gasteiger partial charge in [-0.2, -0.15) is 0 Å². The lowest BCUT2D eigenvalue weighted by atomic mass is 10.1. The Hall–Kier alpha value is -5.92. The summed E-state index contributed by atoms with van der Waals surface area (Å²) in [5, 5.41) is 1.25. The number of esters is 2. The van der Waals surface area contributed by atoms with Gasteiger partial charge in [0.25, 0.3) is 0 Å². The molecule has 0 radical (unpaired) electrons. The summed E-state index contributed by atoms with van der Waals surface area (Å²) in [6, 6.07) is 34.8. The number of hydrogen-bond acceptors (Lipinski definition) is 10. The molecular formula is C50H40N2O6S4. The van der Waals surface area contributed by atoms with E-state index < -0.39 is 11.9 Å². The predicted molar refractivity (Wildman–Crippen MR) is 252 cm³/mol. The van der Waals surface area contributed by atoms with Gasteiger partial charge in [-0.25, -0.2) is 9.59 Å². The van der Waals surface area contributed by atoms with Crippen LogP contribution >= 0.6 is 46.2 Å². The first-order valence-electron chi connectivity index (χ1n) is 20.2. The first-order valence-corrected chi connectivity index (χ1v) is 23.8. The fourth-order valence-corrected chi connectivity index (χ4v) is 12.7. The first kappa shape index (κ1) is 41.4. The maximum atomic E-state index is 14.1. The molecule has 6 heterocycles. The Kier molecular flexibility index (Phi) is 11.7. The van der Waals surface area contributed by atoms with Crippen molar-refractivity contribution in [3.8, 4) is 0 Å². The molecule has 0 amide bonds. The minimum Gasteiger partial charge on any atom is -0.462 e. The van der Waals surface area contributed by atoms with Crippen molar-refractivity contribution in [2.75, 3.05) is 13.2 Å². The Morgan fingerprint density at radius 1 is 0.548 bits per heavy atom. The van der Waals surface area contributed by atoms with E-state index in [9.17, 15) is 19.2 Å². The Balaban J connectivity index is 1.03. The van der Waals surface area contributed by atoms with Crippen molar-refractivity contribution in [3.63, 3.8) is 0 Å². The van der Waals surface area contributed by atoms with Gasteiger partial charge in [0.2, 0.25) is 11.6 Å². The van der Waals surface area contributed by atoms with E-state index in [1.165, 1.54) is 22.7 Å². The van der Waals surface area contributed by atoms with Gasteiger partial charge in [0, 0.05) is 45.8 Å². The topological polar surface area (TPSA) is 95.6 Å². The van der Waals surface area contributed by atoms with Crippen LogP contribution < -0.4 is 0 Å². The molecule has 0 unspecified atom stereocenters. The molecule has 9 rings (SSSR count). The number of thioether (sulfide) groups is 2. The van der Waals surface area contributed by atoms with E-state index in [0.29, 0.717) is 65.3 Å². The summed E-state index contributed by atoms with van der Waals surface area (Å²) in [6.07, 6.45) is 3.93. The molecule has 0 N–H and O–H groups in total. The van der Waals surface area contributed by atoms with Gasteiger partial charge in [-0.3, -0.25) is 9.59 Å². The van der Waals surface area contributed by atoms with Crippen LogP contribution in [-0.4, -0.2) is 45.5 Å². The van der Waals surface area contributed by atoms with Crippen LogP contribution in [-0.2, 0) is 21.0 Å². The first-order chi connectivity index (χ1) is 30.2. The smallest absolute Gasteiger partial charge is 0.341 e. The molecule has 8 nitrogen and oxygen atoms in total. The zero-order valence-corrected chi connectivity index (χ0v) is 37.6. The number of thiophene rings is 2. The Bertz CT molecular complexity index is 2980. The second-order valence-electron chi connectivity index (χ2n) is 14.8. The Labute approximate surface area is 374 Å². The summed E-state index contributed by atoms with van der Waals surface area (Å²) in [7, 11) is 0. The fraction of sp³-hybridized carbons (Fsp3) is 0.160. The van der Waals surface area contributed by atoms with Crippen LogP contribution in [0.3, 0.4) is 0 Å². The van der Waals surface area contributed by atoms with E-state index in [1.54, 1.807) is 61.6 Å². The maximum Gasteiger partial charge on any atom is 0.341 e. The van der Waals surface area contributed by atoms with Crippen molar-refractivity contribution in [2.45, 2.75) is 47.6 Å². The average Bonchev–Trinajstić information content (AvgIpc) is 4.03. The van der Waals surface area contributed by atoms with Crippen LogP contribution in [0.2, 0.25) is 0 Å². The van der Waals surface area contributed by atoms with E-state index in [0.717, 1.165) is 41.7 Å². The van der Waals surface area contributed by atoms with Gasteiger partial charge in [-0.1, -0.05) is 84.9 Å². The summed E-state index contributed by atoms with van der Waals surface area (Å²) in [5.41, 5.74) is 9.23. The summed E-state index contributed by atoms with van der Waals surface area (Å²) in [4.78, 5) is 56.5. The Morgan fingerprint density at radius 3 is 1.31 bits per heavy atom. The second kappa shape index (κ2) is 17.5. The third-order valence-corrected chi connectivity index (χ3v) is 15.6. The third kappa shape index (κ3) is 7.55. The highest BCUT2D eigenvalue weighted by atomic mass is 32.2. The zero-order valence-electron chi connectivity index (χ0n) is 34.4. The summed E-state index contributed by atoms with van der Waals surface area (Å²) in [6.45, 7) is 7.98. The molecule has 0 aliphatic rings. The quantitative estimate of drug-likeness (QED) is 0.0605. The molecule has 0 fully saturated rings. The van der Waals surface area contributed by atoms with Gasteiger partial charge < -0.3 is 18.3 Å². The van der Waals surface area contributed by atoms with Crippen LogP contribution in [0, 0.1) is 13.8 Å². The highest BCUT2D eigenvalue weighted by Crippen LogP contribution is 2.47. The van der Waals surface area contributed by atoms with Crippen molar-refractivity contribution in [1.29, 1.82) is 0 Å². The number of fused-ring (bicyclic) bond motifs is 6. The van der Waals surface area contributed by atoms with Gasteiger partial charge in [-0.05, 0) is 74.2 Å². The standard InChI is InChI=1S/C50H40N2O6S4/c1-5-57-47(55)37-35-25-29(3)21-23-51(35)41-39(37)45(43(53)33-13-9-7-10-14-33)61-49(41)59-27-31-17-19-32(20-18-31)28-60-50-42-40(46(62-50)44(54)34-15-11-8-12-16-34)38(48(56)58-6-2)36-26-30(4)22-24-52(36)42/h7-26H,5-6,27-28H2,1-4H3. The minimum absolute atomic E-state index is 0.132. The molecule has 0 saturated carbocycles. The molecule has 0 saturated heterocycles. The predicted octanol–water partition coefficient (Wildman–Crippen LogP) is 12.6. The SMILES string of the molecule is CCOC(=O)c1c2c(C(=O)c3ccccc3)sc(SCc3ccc(CSc4sc(C(=O)c5ccccc5)c5c(C(=O)OCC)c6cc(C)ccn6c45)cc3)c2n2ccc(C)cc12. The van der Waals surface area contributed by atoms with Crippen LogP contribution in [0.15, 0.2) is 130 Å². The molecule has 0 aliphatic carbocycles. The number of aromatic nitrogens is 2. The number of pyridine rings is 2. The molecule has 0 atom stereocenters. The normalized spacial score (nSPS) is 11.5. The number of rotatable bonds is 14. The summed E-state index contributed by atoms with van der Waals surface area (Å²) >= 11 is 6.12. The lowest BCUT2D eigenvalue weighted by Gasteiger charge is -2.06. The third-order valence-electron chi connectivity index (χ3n) is 10.6. The van der Waals surface area contributed by atoms with Crippen LogP contribution in [0.5, 0.6) is 0 Å². The highest BCUT2D eigenvalue weighted by molar-refractivity contribution is 8.01. The van der Waals surface area contributed by atoms with E-state index in [-0.39, 0.29) is 24.8 Å². The van der Waals surface area contributed by atoms with Crippen molar-refractivity contribution >= 4 is 103 Å². The molecule has 0 bridgehead atoms. The Morgan fingerprint density at radius 2 is 0.935 bits per heavy atom. The molecule has 0 aliphatic heterocycles. The van der Waals surface area contributed by atoms with E-state index in [2.05, 4.69) is 24.3 Å². The highest BCUT2D eigenvalue weighted by Gasteiger charge is 2.31. The van der Waals surface area contributed by atoms with E-state index >= 15 is 0 Å². The number of ketones is 2. The van der Waals surface area contributed by atoms with E-state index in [1.807, 2.05) is 95.7 Å². The van der Waals surface area contributed by atoms with Gasteiger partial charge in [-0.15, -0.1) is 46.2 Å². The van der Waals surface area contributed by atoms with Crippen molar-refractivity contribution in [1.82, 2.24) is 8.80 Å². The molecule has 62 heavy (non-hydrogen) atoms. The maximum absolute atomic E-state index is 14.1. The number of benzene rings is 3. The molecule has 12 heteroatoms. The van der Waals surface area contributed by atoms with Gasteiger partial charge in [0.15, 0.2) is 0 Å². The number of carbonyl (C=O) groups is 4. The van der Waals surface area contributed by atoms with E-state index in [4.69, 9.17) is 9.47 Å². The largest absolute Gasteiger partial charge is 0.462 e. The number of nitrogens with zero attached hydrogens (tertiary/aromatic N) is 2. The molecule has 3 aromatic carbocycles.